The average molecular weight is 264 g/mol. The Hall–Kier alpha value is -2.32. The van der Waals surface area contributed by atoms with Crippen LogP contribution in [-0.2, 0) is 0 Å². The summed E-state index contributed by atoms with van der Waals surface area (Å²) in [6, 6.07) is 7.00. The van der Waals surface area contributed by atoms with Crippen LogP contribution in [-0.4, -0.2) is 4.98 Å². The van der Waals surface area contributed by atoms with Crippen molar-refractivity contribution in [2.75, 3.05) is 5.73 Å². The number of nitrogen functional groups attached to an aromatic ring is 1. The van der Waals surface area contributed by atoms with Gasteiger partial charge in [-0.25, -0.2) is 9.37 Å². The molecule has 1 aromatic heterocycles. The molecular weight excluding hydrogens is 257 g/mol. The third-order valence-corrected chi connectivity index (χ3v) is 2.39. The first-order chi connectivity index (χ1) is 8.60. The Kier molecular flexibility index (Phi) is 3.31. The molecule has 4 nitrogen and oxygen atoms in total. The highest BCUT2D eigenvalue weighted by Crippen LogP contribution is 2.30. The molecule has 2 rings (SSSR count). The fraction of sp³-hybridized carbons (Fsp3) is 0. The summed E-state index contributed by atoms with van der Waals surface area (Å²) in [4.78, 5) is 3.89. The molecule has 2 N–H and O–H groups in total. The molecule has 0 spiro atoms. The van der Waals surface area contributed by atoms with Gasteiger partial charge in [0, 0.05) is 0 Å². The summed E-state index contributed by atoms with van der Waals surface area (Å²) in [5, 5.41) is 9.01. The number of benzene rings is 1. The molecule has 0 bridgehead atoms. The van der Waals surface area contributed by atoms with Crippen molar-refractivity contribution < 1.29 is 9.13 Å². The fourth-order valence-corrected chi connectivity index (χ4v) is 1.50. The van der Waals surface area contributed by atoms with Crippen molar-refractivity contribution in [2.24, 2.45) is 0 Å². The smallest absolute Gasteiger partial charge is 0.237 e. The van der Waals surface area contributed by atoms with Crippen LogP contribution in [0, 0.1) is 17.1 Å². The van der Waals surface area contributed by atoms with E-state index in [1.165, 1.54) is 24.4 Å². The van der Waals surface area contributed by atoms with Crippen LogP contribution in [0.3, 0.4) is 0 Å². The van der Waals surface area contributed by atoms with Crippen LogP contribution < -0.4 is 10.5 Å². The summed E-state index contributed by atoms with van der Waals surface area (Å²) in [6.07, 6.45) is 1.35. The lowest BCUT2D eigenvalue weighted by atomic mass is 10.2. The van der Waals surface area contributed by atoms with Gasteiger partial charge in [-0.3, -0.25) is 0 Å². The largest absolute Gasteiger partial charge is 0.436 e. The fourth-order valence-electron chi connectivity index (χ4n) is 1.29. The topological polar surface area (TPSA) is 71.9 Å². The van der Waals surface area contributed by atoms with E-state index in [2.05, 4.69) is 4.98 Å². The molecule has 90 valence electrons. The first kappa shape index (κ1) is 12.1. The van der Waals surface area contributed by atoms with Crippen molar-refractivity contribution in [1.29, 1.82) is 5.26 Å². The highest BCUT2D eigenvalue weighted by Gasteiger charge is 2.10. The highest BCUT2D eigenvalue weighted by molar-refractivity contribution is 6.32. The molecule has 0 aliphatic carbocycles. The van der Waals surface area contributed by atoms with Crippen molar-refractivity contribution in [2.45, 2.75) is 0 Å². The number of pyridine rings is 1. The lowest BCUT2D eigenvalue weighted by Crippen LogP contribution is -1.95. The molecule has 1 aromatic carbocycles. The quantitative estimate of drug-likeness (QED) is 0.903. The molecule has 0 aliphatic rings. The van der Waals surface area contributed by atoms with Gasteiger partial charge in [-0.2, -0.15) is 5.26 Å². The molecular formula is C12H7ClFN3O. The minimum absolute atomic E-state index is 0.0696. The van der Waals surface area contributed by atoms with E-state index >= 15 is 0 Å². The summed E-state index contributed by atoms with van der Waals surface area (Å²) in [5.74, 6) is -0.190. The van der Waals surface area contributed by atoms with Crippen LogP contribution in [0.2, 0.25) is 5.02 Å². The van der Waals surface area contributed by atoms with E-state index in [4.69, 9.17) is 27.3 Å². The molecule has 0 saturated heterocycles. The molecule has 0 atom stereocenters. The normalized spacial score (nSPS) is 9.83. The molecule has 0 saturated carbocycles. The predicted molar refractivity (Wildman–Crippen MR) is 64.8 cm³/mol. The number of hydrogen-bond donors (Lipinski definition) is 1. The van der Waals surface area contributed by atoms with Gasteiger partial charge < -0.3 is 10.5 Å². The van der Waals surface area contributed by atoms with Gasteiger partial charge in [-0.1, -0.05) is 11.6 Å². The third-order valence-electron chi connectivity index (χ3n) is 2.09. The maximum absolute atomic E-state index is 12.9. The maximum Gasteiger partial charge on any atom is 0.237 e. The summed E-state index contributed by atoms with van der Waals surface area (Å²) in [6.45, 7) is 0. The highest BCUT2D eigenvalue weighted by atomic mass is 35.5. The zero-order chi connectivity index (χ0) is 13.1. The second kappa shape index (κ2) is 4.90. The Labute approximate surface area is 107 Å². The minimum atomic E-state index is -0.474. The molecule has 0 amide bonds. The van der Waals surface area contributed by atoms with E-state index < -0.39 is 5.82 Å². The number of nitriles is 1. The molecule has 0 unspecified atom stereocenters. The summed E-state index contributed by atoms with van der Waals surface area (Å²) >= 11 is 5.81. The van der Waals surface area contributed by atoms with Crippen molar-refractivity contribution in [1.82, 2.24) is 4.98 Å². The van der Waals surface area contributed by atoms with Gasteiger partial charge in [0.1, 0.15) is 23.2 Å². The van der Waals surface area contributed by atoms with Crippen LogP contribution >= 0.6 is 11.6 Å². The van der Waals surface area contributed by atoms with Gasteiger partial charge in [0.25, 0.3) is 0 Å². The van der Waals surface area contributed by atoms with Crippen LogP contribution in [0.4, 0.5) is 10.1 Å². The Balaban J connectivity index is 2.37. The monoisotopic (exact) mass is 263 g/mol. The van der Waals surface area contributed by atoms with E-state index in [0.29, 0.717) is 5.69 Å². The Morgan fingerprint density at radius 1 is 1.39 bits per heavy atom. The Bertz CT molecular complexity index is 640. The number of nitrogens with zero attached hydrogens (tertiary/aromatic N) is 2. The van der Waals surface area contributed by atoms with Crippen LogP contribution in [0.15, 0.2) is 30.5 Å². The van der Waals surface area contributed by atoms with Gasteiger partial charge in [-0.15, -0.1) is 0 Å². The van der Waals surface area contributed by atoms with E-state index in [-0.39, 0.29) is 22.2 Å². The van der Waals surface area contributed by atoms with Gasteiger partial charge in [0.05, 0.1) is 16.9 Å². The van der Waals surface area contributed by atoms with E-state index in [1.807, 2.05) is 6.07 Å². The predicted octanol–water partition coefficient (Wildman–Crippen LogP) is 3.12. The molecule has 0 aliphatic heterocycles. The summed E-state index contributed by atoms with van der Waals surface area (Å²) in [5.41, 5.74) is 6.03. The van der Waals surface area contributed by atoms with Gasteiger partial charge in [-0.05, 0) is 24.3 Å². The van der Waals surface area contributed by atoms with Crippen molar-refractivity contribution >= 4 is 17.3 Å². The SMILES string of the molecule is N#Cc1cc(N)cnc1Oc1ccc(F)cc1Cl. The number of nitrogens with two attached hydrogens (primary N) is 1. The van der Waals surface area contributed by atoms with Crippen molar-refractivity contribution in [3.8, 4) is 17.7 Å². The summed E-state index contributed by atoms with van der Waals surface area (Å²) < 4.78 is 18.2. The first-order valence-electron chi connectivity index (χ1n) is 4.88. The van der Waals surface area contributed by atoms with Gasteiger partial charge in [0.15, 0.2) is 0 Å². The number of ether oxygens (including phenoxy) is 1. The minimum Gasteiger partial charge on any atom is -0.436 e. The molecule has 18 heavy (non-hydrogen) atoms. The van der Waals surface area contributed by atoms with E-state index in [9.17, 15) is 4.39 Å². The van der Waals surface area contributed by atoms with Crippen molar-refractivity contribution in [3.63, 3.8) is 0 Å². The second-order valence-electron chi connectivity index (χ2n) is 3.41. The lowest BCUT2D eigenvalue weighted by Gasteiger charge is -2.08. The molecule has 6 heteroatoms. The Morgan fingerprint density at radius 2 is 2.17 bits per heavy atom. The van der Waals surface area contributed by atoms with Crippen molar-refractivity contribution in [3.05, 3.63) is 46.9 Å². The molecule has 0 fully saturated rings. The molecule has 2 aromatic rings. The Morgan fingerprint density at radius 3 is 2.83 bits per heavy atom. The zero-order valence-corrected chi connectivity index (χ0v) is 9.78. The third kappa shape index (κ3) is 2.50. The van der Waals surface area contributed by atoms with Gasteiger partial charge >= 0.3 is 0 Å². The lowest BCUT2D eigenvalue weighted by molar-refractivity contribution is 0.460. The van der Waals surface area contributed by atoms with Gasteiger partial charge in [0.2, 0.25) is 5.88 Å². The average Bonchev–Trinajstić information content (AvgIpc) is 2.34. The number of hydrogen-bond acceptors (Lipinski definition) is 4. The van der Waals surface area contributed by atoms with E-state index in [0.717, 1.165) is 6.07 Å². The summed E-state index contributed by atoms with van der Waals surface area (Å²) in [7, 11) is 0. The second-order valence-corrected chi connectivity index (χ2v) is 3.82. The maximum atomic E-state index is 12.9. The first-order valence-corrected chi connectivity index (χ1v) is 5.26. The molecule has 0 radical (unpaired) electrons. The van der Waals surface area contributed by atoms with E-state index in [1.54, 1.807) is 0 Å². The van der Waals surface area contributed by atoms with Crippen LogP contribution in [0.1, 0.15) is 5.56 Å². The standard InChI is InChI=1S/C12H7ClFN3O/c13-10-4-8(14)1-2-11(10)18-12-7(5-15)3-9(16)6-17-12/h1-4,6H,16H2. The number of rotatable bonds is 2. The number of anilines is 1. The number of halogens is 2. The molecule has 1 heterocycles. The zero-order valence-electron chi connectivity index (χ0n) is 9.02. The van der Waals surface area contributed by atoms with Crippen LogP contribution in [0.5, 0.6) is 11.6 Å². The van der Waals surface area contributed by atoms with Crippen LogP contribution in [0.25, 0.3) is 0 Å². The number of aromatic nitrogens is 1.